The van der Waals surface area contributed by atoms with Gasteiger partial charge < -0.3 is 0 Å². The molecule has 4 heteroatoms. The summed E-state index contributed by atoms with van der Waals surface area (Å²) >= 11 is 3.37. The van der Waals surface area contributed by atoms with Gasteiger partial charge in [-0.25, -0.2) is 0 Å². The molecule has 0 heterocycles. The van der Waals surface area contributed by atoms with E-state index >= 15 is 0 Å². The van der Waals surface area contributed by atoms with Crippen molar-refractivity contribution in [2.24, 2.45) is 0 Å². The van der Waals surface area contributed by atoms with Crippen LogP contribution in [0.5, 0.6) is 0 Å². The van der Waals surface area contributed by atoms with Crippen molar-refractivity contribution in [1.29, 1.82) is 0 Å². The van der Waals surface area contributed by atoms with Gasteiger partial charge in [-0.05, 0) is 0 Å². The van der Waals surface area contributed by atoms with Crippen molar-refractivity contribution in [3.8, 4) is 0 Å². The van der Waals surface area contributed by atoms with Crippen molar-refractivity contribution in [2.75, 3.05) is 0 Å². The Balaban J connectivity index is 3.26. The van der Waals surface area contributed by atoms with E-state index in [1.165, 1.54) is 0 Å². The normalized spacial score (nSPS) is 10.8. The van der Waals surface area contributed by atoms with E-state index in [1.807, 2.05) is 0 Å². The SMILES string of the molecule is CC(=O)I(I)I. The molecule has 6 heavy (non-hydrogen) atoms. The molecule has 0 aromatic carbocycles. The van der Waals surface area contributed by atoms with Crippen LogP contribution in [0.3, 0.4) is 0 Å². The molecule has 0 aromatic heterocycles. The molecule has 0 bridgehead atoms. The molecule has 0 N–H and O–H groups in total. The Morgan fingerprint density at radius 2 is 1.83 bits per heavy atom. The predicted molar refractivity (Wildman–Crippen MR) is 52.7 cm³/mol. The average Bonchev–Trinajstić information content (AvgIpc) is 1.36. The van der Waals surface area contributed by atoms with Crippen LogP contribution in [0.1, 0.15) is 6.92 Å². The van der Waals surface area contributed by atoms with Crippen LogP contribution in [-0.2, 0) is 4.79 Å². The van der Waals surface area contributed by atoms with Gasteiger partial charge in [0, 0.05) is 0 Å². The molecular formula is C2H3I3O. The maximum absolute atomic E-state index is 10.2. The molecule has 0 amide bonds. The van der Waals surface area contributed by atoms with Gasteiger partial charge in [0.15, 0.2) is 0 Å². The van der Waals surface area contributed by atoms with Crippen LogP contribution in [-0.4, -0.2) is 3.79 Å². The summed E-state index contributed by atoms with van der Waals surface area (Å²) in [6.45, 7) is 1.66. The summed E-state index contributed by atoms with van der Waals surface area (Å²) in [6.07, 6.45) is 0. The molecule has 0 aliphatic heterocycles. The van der Waals surface area contributed by atoms with Crippen molar-refractivity contribution in [3.63, 3.8) is 0 Å². The minimum absolute atomic E-state index is 0.389. The van der Waals surface area contributed by atoms with Crippen molar-refractivity contribution < 1.29 is 4.79 Å². The Morgan fingerprint density at radius 1 is 1.67 bits per heavy atom. The fourth-order valence-electron chi connectivity index (χ4n) is 0. The number of carbonyl (C=O) groups is 1. The van der Waals surface area contributed by atoms with Gasteiger partial charge in [-0.2, -0.15) is 0 Å². The van der Waals surface area contributed by atoms with Gasteiger partial charge in [-0.15, -0.1) is 0 Å². The molecular weight excluding hydrogens is 421 g/mol. The van der Waals surface area contributed by atoms with Crippen molar-refractivity contribution in [2.45, 2.75) is 6.92 Å². The minimum atomic E-state index is -1.08. The van der Waals surface area contributed by atoms with E-state index in [4.69, 9.17) is 0 Å². The summed E-state index contributed by atoms with van der Waals surface area (Å²) in [7, 11) is 0. The van der Waals surface area contributed by atoms with E-state index in [0.29, 0.717) is 3.79 Å². The molecule has 0 unspecified atom stereocenters. The molecule has 0 atom stereocenters. The van der Waals surface area contributed by atoms with Crippen LogP contribution in [0.15, 0.2) is 0 Å². The molecule has 0 aliphatic carbocycles. The number of halogens is 3. The topological polar surface area (TPSA) is 17.1 Å². The Morgan fingerprint density at radius 3 is 1.83 bits per heavy atom. The van der Waals surface area contributed by atoms with Gasteiger partial charge in [0.2, 0.25) is 0 Å². The van der Waals surface area contributed by atoms with E-state index in [2.05, 4.69) is 37.2 Å². The number of carbonyl (C=O) groups excluding carboxylic acids is 1. The first-order valence-electron chi connectivity index (χ1n) is 1.18. The van der Waals surface area contributed by atoms with Gasteiger partial charge in [0.1, 0.15) is 0 Å². The standard InChI is InChI=1S/C2H3I3O/c1-2(6)5(3)4/h1H3. The summed E-state index contributed by atoms with van der Waals surface area (Å²) < 4.78 is 0.389. The summed E-state index contributed by atoms with van der Waals surface area (Å²) in [5.74, 6) is 0. The summed E-state index contributed by atoms with van der Waals surface area (Å²) in [5, 5.41) is 0. The molecule has 1 nitrogen and oxygen atoms in total. The first kappa shape index (κ1) is 7.86. The Labute approximate surface area is 63.4 Å². The van der Waals surface area contributed by atoms with Crippen molar-refractivity contribution in [1.82, 2.24) is 0 Å². The zero-order valence-corrected chi connectivity index (χ0v) is 9.51. The fourth-order valence-corrected chi connectivity index (χ4v) is 0. The van der Waals surface area contributed by atoms with E-state index in [9.17, 15) is 4.79 Å². The zero-order chi connectivity index (χ0) is 5.15. The van der Waals surface area contributed by atoms with Gasteiger partial charge in [-0.3, -0.25) is 0 Å². The first-order valence-corrected chi connectivity index (χ1v) is 14.8. The molecule has 0 fully saturated rings. The molecule has 0 saturated heterocycles. The monoisotopic (exact) mass is 424 g/mol. The van der Waals surface area contributed by atoms with Crippen LogP contribution in [0, 0.1) is 0 Å². The van der Waals surface area contributed by atoms with Crippen LogP contribution in [0.4, 0.5) is 0 Å². The molecule has 0 aromatic rings. The molecule has 0 saturated carbocycles. The van der Waals surface area contributed by atoms with Gasteiger partial charge in [0.05, 0.1) is 0 Å². The quantitative estimate of drug-likeness (QED) is 0.468. The Hall–Kier alpha value is 1.86. The zero-order valence-electron chi connectivity index (χ0n) is 3.04. The Bertz CT molecular complexity index is 59.8. The fraction of sp³-hybridized carbons (Fsp3) is 0.500. The van der Waals surface area contributed by atoms with Crippen molar-refractivity contribution >= 4 is 52.9 Å². The summed E-state index contributed by atoms with van der Waals surface area (Å²) in [6, 6.07) is 0. The summed E-state index contributed by atoms with van der Waals surface area (Å²) in [4.78, 5) is 10.2. The van der Waals surface area contributed by atoms with Crippen LogP contribution >= 0.6 is 49.1 Å². The second-order valence-corrected chi connectivity index (χ2v) is 24.7. The van der Waals surface area contributed by atoms with Gasteiger partial charge in [0.25, 0.3) is 0 Å². The second kappa shape index (κ2) is 3.81. The molecule has 0 radical (unpaired) electrons. The third kappa shape index (κ3) is 4.03. The van der Waals surface area contributed by atoms with Crippen LogP contribution in [0.2, 0.25) is 0 Å². The van der Waals surface area contributed by atoms with E-state index in [0.717, 1.165) is 0 Å². The molecule has 0 rings (SSSR count). The Kier molecular flexibility index (Phi) is 5.00. The van der Waals surface area contributed by atoms with Crippen molar-refractivity contribution in [3.05, 3.63) is 0 Å². The molecule has 38 valence electrons. The maximum atomic E-state index is 10.2. The molecule has 0 spiro atoms. The third-order valence-electron chi connectivity index (χ3n) is 0.201. The second-order valence-electron chi connectivity index (χ2n) is 0.667. The van der Waals surface area contributed by atoms with Gasteiger partial charge in [-0.1, -0.05) is 0 Å². The first-order chi connectivity index (χ1) is 2.64. The summed E-state index contributed by atoms with van der Waals surface area (Å²) in [5.41, 5.74) is 0. The predicted octanol–water partition coefficient (Wildman–Crippen LogP) is 2.74. The van der Waals surface area contributed by atoms with Crippen LogP contribution < -0.4 is 0 Å². The number of hydrogen-bond donors (Lipinski definition) is 0. The van der Waals surface area contributed by atoms with Crippen LogP contribution in [0.25, 0.3) is 0 Å². The van der Waals surface area contributed by atoms with E-state index in [-0.39, 0.29) is 0 Å². The number of hydrogen-bond acceptors (Lipinski definition) is 1. The van der Waals surface area contributed by atoms with Gasteiger partial charge >= 0.3 is 64.6 Å². The number of rotatable bonds is 1. The molecule has 0 aliphatic rings. The van der Waals surface area contributed by atoms with E-state index in [1.54, 1.807) is 6.92 Å². The van der Waals surface area contributed by atoms with E-state index < -0.39 is 11.9 Å². The third-order valence-corrected chi connectivity index (χ3v) is 9.05. The average molecular weight is 424 g/mol.